The zero-order valence-corrected chi connectivity index (χ0v) is 20.0. The number of benzene rings is 3. The molecule has 12 heteroatoms. The summed E-state index contributed by atoms with van der Waals surface area (Å²) in [4.78, 5) is 37.6. The molecule has 0 spiro atoms. The fourth-order valence-electron chi connectivity index (χ4n) is 3.90. The summed E-state index contributed by atoms with van der Waals surface area (Å²) in [5.41, 5.74) is 1.59. The first-order valence-corrected chi connectivity index (χ1v) is 11.2. The summed E-state index contributed by atoms with van der Waals surface area (Å²) in [7, 11) is 1.18. The average Bonchev–Trinajstić information content (AvgIpc) is 2.84. The molecule has 0 aliphatic rings. The molecule has 0 aliphatic carbocycles. The molecule has 0 saturated carbocycles. The van der Waals surface area contributed by atoms with Gasteiger partial charge >= 0.3 is 12.4 Å². The van der Waals surface area contributed by atoms with Crippen molar-refractivity contribution in [2.45, 2.75) is 31.2 Å². The molecule has 0 aromatic heterocycles. The van der Waals surface area contributed by atoms with Crippen LogP contribution in [0.25, 0.3) is 10.8 Å². The number of nitrogens with two attached hydrogens (primary N) is 1. The molecule has 3 amide bonds. The fourth-order valence-corrected chi connectivity index (χ4v) is 3.90. The van der Waals surface area contributed by atoms with Gasteiger partial charge in [-0.2, -0.15) is 26.3 Å². The second-order valence-corrected chi connectivity index (χ2v) is 8.70. The Morgan fingerprint density at radius 1 is 0.868 bits per heavy atom. The van der Waals surface area contributed by atoms with E-state index in [0.29, 0.717) is 17.7 Å². The minimum Gasteiger partial charge on any atom is -0.368 e. The van der Waals surface area contributed by atoms with E-state index in [2.05, 4.69) is 5.32 Å². The summed E-state index contributed by atoms with van der Waals surface area (Å²) >= 11 is 0. The zero-order valence-electron chi connectivity index (χ0n) is 20.0. The SMILES string of the molecule is CN(C(=O)c1cc(C(F)(F)F)cc(C(F)(F)F)c1)C(CC(=O)NCC(N)=O)Cc1ccc2ccccc2c1. The first-order valence-electron chi connectivity index (χ1n) is 11.2. The number of hydrogen-bond donors (Lipinski definition) is 2. The highest BCUT2D eigenvalue weighted by atomic mass is 19.4. The van der Waals surface area contributed by atoms with Crippen LogP contribution in [0.1, 0.15) is 33.5 Å². The summed E-state index contributed by atoms with van der Waals surface area (Å²) in [6, 6.07) is 12.3. The van der Waals surface area contributed by atoms with Crippen LogP contribution < -0.4 is 11.1 Å². The lowest BCUT2D eigenvalue weighted by atomic mass is 9.97. The van der Waals surface area contributed by atoms with E-state index < -0.39 is 65.8 Å². The minimum atomic E-state index is -5.13. The highest BCUT2D eigenvalue weighted by Crippen LogP contribution is 2.36. The van der Waals surface area contributed by atoms with Gasteiger partial charge in [0.05, 0.1) is 17.7 Å². The number of carbonyl (C=O) groups is 3. The van der Waals surface area contributed by atoms with Crippen LogP contribution in [0.3, 0.4) is 0 Å². The Morgan fingerprint density at radius 3 is 2.00 bits per heavy atom. The maximum Gasteiger partial charge on any atom is 0.416 e. The summed E-state index contributed by atoms with van der Waals surface area (Å²) in [5, 5.41) is 4.04. The van der Waals surface area contributed by atoms with E-state index in [9.17, 15) is 40.7 Å². The van der Waals surface area contributed by atoms with Crippen LogP contribution in [0.15, 0.2) is 60.7 Å². The van der Waals surface area contributed by atoms with Gasteiger partial charge in [0.1, 0.15) is 0 Å². The van der Waals surface area contributed by atoms with Crippen LogP contribution in [0.5, 0.6) is 0 Å². The largest absolute Gasteiger partial charge is 0.416 e. The molecule has 0 heterocycles. The molecule has 1 unspecified atom stereocenters. The maximum atomic E-state index is 13.3. The number of carbonyl (C=O) groups excluding carboxylic acids is 3. The van der Waals surface area contributed by atoms with Crippen LogP contribution in [0.2, 0.25) is 0 Å². The predicted molar refractivity (Wildman–Crippen MR) is 127 cm³/mol. The molecule has 3 aromatic rings. The van der Waals surface area contributed by atoms with Crippen molar-refractivity contribution in [3.05, 3.63) is 82.9 Å². The van der Waals surface area contributed by atoms with Crippen molar-refractivity contribution in [1.29, 1.82) is 0 Å². The monoisotopic (exact) mass is 539 g/mol. The highest BCUT2D eigenvalue weighted by Gasteiger charge is 2.38. The number of likely N-dealkylation sites (N-methyl/N-ethyl adjacent to an activating group) is 1. The van der Waals surface area contributed by atoms with E-state index in [1.54, 1.807) is 18.2 Å². The number of nitrogens with one attached hydrogen (secondary N) is 1. The lowest BCUT2D eigenvalue weighted by molar-refractivity contribution is -0.143. The molecule has 0 bridgehead atoms. The van der Waals surface area contributed by atoms with Crippen LogP contribution in [0.4, 0.5) is 26.3 Å². The topological polar surface area (TPSA) is 92.5 Å². The molecule has 38 heavy (non-hydrogen) atoms. The molecule has 0 aliphatic heterocycles. The number of hydrogen-bond acceptors (Lipinski definition) is 3. The second-order valence-electron chi connectivity index (χ2n) is 8.70. The Hall–Kier alpha value is -4.09. The van der Waals surface area contributed by atoms with Crippen LogP contribution >= 0.6 is 0 Å². The van der Waals surface area contributed by atoms with Crippen molar-refractivity contribution in [2.75, 3.05) is 13.6 Å². The number of alkyl halides is 6. The van der Waals surface area contributed by atoms with Crippen molar-refractivity contribution in [1.82, 2.24) is 10.2 Å². The van der Waals surface area contributed by atoms with Crippen molar-refractivity contribution in [2.24, 2.45) is 5.73 Å². The van der Waals surface area contributed by atoms with Crippen LogP contribution in [-0.2, 0) is 28.4 Å². The van der Waals surface area contributed by atoms with Gasteiger partial charge in [0, 0.05) is 25.1 Å². The van der Waals surface area contributed by atoms with Crippen molar-refractivity contribution in [3.63, 3.8) is 0 Å². The normalized spacial score (nSPS) is 12.7. The molecular formula is C26H23F6N3O3. The van der Waals surface area contributed by atoms with E-state index in [1.807, 2.05) is 24.3 Å². The van der Waals surface area contributed by atoms with Crippen LogP contribution in [0, 0.1) is 0 Å². The third-order valence-electron chi connectivity index (χ3n) is 5.87. The standard InChI is InChI=1S/C26H23F6N3O3/c1-35(24(38)18-10-19(25(27,28)29)12-20(11-18)26(30,31)32)21(13-23(37)34-14-22(33)36)9-15-6-7-16-4-2-3-5-17(16)8-15/h2-8,10-12,21H,9,13-14H2,1H3,(H2,33,36)(H,34,37). The van der Waals surface area contributed by atoms with Gasteiger partial charge in [-0.3, -0.25) is 14.4 Å². The molecule has 3 N–H and O–H groups in total. The fraction of sp³-hybridized carbons (Fsp3) is 0.269. The van der Waals surface area contributed by atoms with Crippen molar-refractivity contribution < 1.29 is 40.7 Å². The number of fused-ring (bicyclic) bond motifs is 1. The van der Waals surface area contributed by atoms with Gasteiger partial charge in [-0.05, 0) is 41.0 Å². The van der Waals surface area contributed by atoms with Gasteiger partial charge in [0.15, 0.2) is 0 Å². The van der Waals surface area contributed by atoms with Gasteiger partial charge in [0.2, 0.25) is 11.8 Å². The molecule has 202 valence electrons. The molecule has 0 saturated heterocycles. The lowest BCUT2D eigenvalue weighted by Gasteiger charge is -2.29. The lowest BCUT2D eigenvalue weighted by Crippen LogP contribution is -2.43. The van der Waals surface area contributed by atoms with E-state index in [1.165, 1.54) is 7.05 Å². The van der Waals surface area contributed by atoms with Gasteiger partial charge in [-0.15, -0.1) is 0 Å². The van der Waals surface area contributed by atoms with E-state index in [4.69, 9.17) is 5.73 Å². The molecule has 3 aromatic carbocycles. The third-order valence-corrected chi connectivity index (χ3v) is 5.87. The highest BCUT2D eigenvalue weighted by molar-refractivity contribution is 5.95. The molecule has 3 rings (SSSR count). The minimum absolute atomic E-state index is 0.0438. The third kappa shape index (κ3) is 7.24. The summed E-state index contributed by atoms with van der Waals surface area (Å²) in [6.07, 6.45) is -10.6. The molecule has 6 nitrogen and oxygen atoms in total. The van der Waals surface area contributed by atoms with Crippen LogP contribution in [-0.4, -0.2) is 42.3 Å². The van der Waals surface area contributed by atoms with Gasteiger partial charge < -0.3 is 16.0 Å². The van der Waals surface area contributed by atoms with E-state index in [-0.39, 0.29) is 12.5 Å². The smallest absolute Gasteiger partial charge is 0.368 e. The number of halogens is 6. The number of rotatable bonds is 8. The zero-order chi connectivity index (χ0) is 28.3. The van der Waals surface area contributed by atoms with E-state index in [0.717, 1.165) is 15.7 Å². The first-order chi connectivity index (χ1) is 17.6. The molecule has 0 fully saturated rings. The van der Waals surface area contributed by atoms with Gasteiger partial charge in [-0.25, -0.2) is 0 Å². The Labute approximate surface area is 213 Å². The molecular weight excluding hydrogens is 516 g/mol. The number of primary amides is 1. The van der Waals surface area contributed by atoms with Crippen molar-refractivity contribution >= 4 is 28.5 Å². The number of nitrogens with zero attached hydrogens (tertiary/aromatic N) is 1. The van der Waals surface area contributed by atoms with E-state index >= 15 is 0 Å². The second kappa shape index (κ2) is 11.1. The molecule has 0 radical (unpaired) electrons. The number of amides is 3. The van der Waals surface area contributed by atoms with Crippen molar-refractivity contribution in [3.8, 4) is 0 Å². The summed E-state index contributed by atoms with van der Waals surface area (Å²) < 4.78 is 79.9. The Bertz CT molecular complexity index is 1320. The van der Waals surface area contributed by atoms with Gasteiger partial charge in [0.25, 0.3) is 5.91 Å². The Balaban J connectivity index is 1.97. The van der Waals surface area contributed by atoms with Gasteiger partial charge in [-0.1, -0.05) is 42.5 Å². The quantitative estimate of drug-likeness (QED) is 0.412. The average molecular weight is 539 g/mol. The summed E-state index contributed by atoms with van der Waals surface area (Å²) in [6.45, 7) is -0.484. The molecule has 1 atom stereocenters. The predicted octanol–water partition coefficient (Wildman–Crippen LogP) is 4.55. The maximum absolute atomic E-state index is 13.3. The summed E-state index contributed by atoms with van der Waals surface area (Å²) in [5.74, 6) is -2.65. The Kier molecular flexibility index (Phi) is 8.33. The Morgan fingerprint density at radius 2 is 1.45 bits per heavy atom. The first kappa shape index (κ1) is 28.5.